The van der Waals surface area contributed by atoms with Gasteiger partial charge in [0.15, 0.2) is 0 Å². The topological polar surface area (TPSA) is 20.2 Å². The quantitative estimate of drug-likeness (QED) is 0.586. The van der Waals surface area contributed by atoms with Gasteiger partial charge >= 0.3 is 0 Å². The fraction of sp³-hybridized carbons (Fsp3) is 0.143. The molecule has 0 heterocycles. The molecule has 1 aliphatic rings. The minimum atomic E-state index is 0.432. The average Bonchev–Trinajstić information content (AvgIpc) is 2.27. The molecule has 1 heteroatoms. The third kappa shape index (κ3) is 1.32. The van der Waals surface area contributed by atoms with Gasteiger partial charge in [-0.05, 0) is 29.2 Å². The number of phenolic OH excluding ortho intramolecular Hbond substituents is 1. The van der Waals surface area contributed by atoms with Crippen LogP contribution >= 0.6 is 0 Å². The Morgan fingerprint density at radius 3 is 2.20 bits per heavy atom. The van der Waals surface area contributed by atoms with Gasteiger partial charge < -0.3 is 5.11 Å². The van der Waals surface area contributed by atoms with Crippen molar-refractivity contribution in [3.8, 4) is 5.75 Å². The molecule has 0 fully saturated rings. The van der Waals surface area contributed by atoms with Crippen molar-refractivity contribution < 1.29 is 5.11 Å². The Bertz CT molecular complexity index is 514. The molecule has 0 radical (unpaired) electrons. The maximum Gasteiger partial charge on any atom is 0.119 e. The summed E-state index contributed by atoms with van der Waals surface area (Å²) in [7, 11) is 0. The highest BCUT2D eigenvalue weighted by Crippen LogP contribution is 2.31. The lowest BCUT2D eigenvalue weighted by Gasteiger charge is -2.20. The van der Waals surface area contributed by atoms with Crippen molar-refractivity contribution in [3.05, 3.63) is 64.7 Å². The minimum absolute atomic E-state index is 0.432. The molecule has 1 N–H and O–H groups in total. The number of fused-ring (bicyclic) bond motifs is 2. The first kappa shape index (κ1) is 8.54. The molecule has 0 aliphatic heterocycles. The molecule has 0 amide bonds. The fourth-order valence-electron chi connectivity index (χ4n) is 2.29. The van der Waals surface area contributed by atoms with Crippen LogP contribution in [0.1, 0.15) is 22.3 Å². The van der Waals surface area contributed by atoms with Crippen molar-refractivity contribution in [1.29, 1.82) is 0 Å². The lowest BCUT2D eigenvalue weighted by atomic mass is 9.86. The van der Waals surface area contributed by atoms with Crippen LogP contribution in [-0.2, 0) is 12.8 Å². The molecule has 1 aliphatic carbocycles. The summed E-state index contributed by atoms with van der Waals surface area (Å²) in [5.74, 6) is 0.432. The number of aromatic hydroxyl groups is 1. The first-order valence-electron chi connectivity index (χ1n) is 5.21. The van der Waals surface area contributed by atoms with E-state index in [1.165, 1.54) is 16.7 Å². The van der Waals surface area contributed by atoms with Gasteiger partial charge in [0.1, 0.15) is 5.75 Å². The van der Waals surface area contributed by atoms with Gasteiger partial charge in [-0.25, -0.2) is 0 Å². The molecule has 0 aromatic heterocycles. The lowest BCUT2D eigenvalue weighted by Crippen LogP contribution is -2.06. The van der Waals surface area contributed by atoms with Crippen LogP contribution in [0.5, 0.6) is 5.75 Å². The Balaban J connectivity index is 2.15. The van der Waals surface area contributed by atoms with Crippen LogP contribution in [0.3, 0.4) is 0 Å². The van der Waals surface area contributed by atoms with E-state index in [9.17, 15) is 5.11 Å². The summed E-state index contributed by atoms with van der Waals surface area (Å²) in [4.78, 5) is 0. The second-order valence-corrected chi connectivity index (χ2v) is 4.04. The fourth-order valence-corrected chi connectivity index (χ4v) is 2.29. The van der Waals surface area contributed by atoms with Crippen LogP contribution in [0.15, 0.2) is 42.5 Å². The van der Waals surface area contributed by atoms with E-state index < -0.39 is 0 Å². The zero-order chi connectivity index (χ0) is 10.3. The molecule has 0 atom stereocenters. The number of rotatable bonds is 0. The molecule has 2 aromatic rings. The smallest absolute Gasteiger partial charge is 0.119 e. The molecule has 3 rings (SSSR count). The van der Waals surface area contributed by atoms with Gasteiger partial charge in [-0.15, -0.1) is 0 Å². The molecule has 2 aromatic carbocycles. The van der Waals surface area contributed by atoms with E-state index in [4.69, 9.17) is 0 Å². The molecule has 0 bridgehead atoms. The molecule has 1 nitrogen and oxygen atoms in total. The van der Waals surface area contributed by atoms with Crippen molar-refractivity contribution in [2.75, 3.05) is 0 Å². The van der Waals surface area contributed by atoms with E-state index in [-0.39, 0.29) is 0 Å². The SMILES string of the molecule is Oc1cccc2c1Cc1ccccc1C2. The summed E-state index contributed by atoms with van der Waals surface area (Å²) in [6.45, 7) is 0. The Morgan fingerprint density at radius 1 is 0.733 bits per heavy atom. The number of benzene rings is 2. The van der Waals surface area contributed by atoms with E-state index in [1.807, 2.05) is 6.07 Å². The average molecular weight is 196 g/mol. The van der Waals surface area contributed by atoms with Crippen molar-refractivity contribution in [2.24, 2.45) is 0 Å². The first-order valence-corrected chi connectivity index (χ1v) is 5.21. The summed E-state index contributed by atoms with van der Waals surface area (Å²) in [5, 5.41) is 9.78. The van der Waals surface area contributed by atoms with Crippen LogP contribution in [-0.4, -0.2) is 5.11 Å². The third-order valence-corrected chi connectivity index (χ3v) is 3.11. The summed E-state index contributed by atoms with van der Waals surface area (Å²) in [6.07, 6.45) is 1.80. The Kier molecular flexibility index (Phi) is 1.78. The molecule has 0 saturated heterocycles. The molecule has 0 spiro atoms. The Hall–Kier alpha value is -1.76. The predicted octanol–water partition coefficient (Wildman–Crippen LogP) is 2.89. The molecule has 15 heavy (non-hydrogen) atoms. The highest BCUT2D eigenvalue weighted by Gasteiger charge is 2.16. The van der Waals surface area contributed by atoms with Gasteiger partial charge in [0, 0.05) is 12.0 Å². The first-order chi connectivity index (χ1) is 7.34. The summed E-state index contributed by atoms with van der Waals surface area (Å²) < 4.78 is 0. The van der Waals surface area contributed by atoms with E-state index in [2.05, 4.69) is 30.3 Å². The van der Waals surface area contributed by atoms with Gasteiger partial charge in [-0.3, -0.25) is 0 Å². The van der Waals surface area contributed by atoms with Crippen LogP contribution < -0.4 is 0 Å². The van der Waals surface area contributed by atoms with Crippen LogP contribution in [0, 0.1) is 0 Å². The highest BCUT2D eigenvalue weighted by atomic mass is 16.3. The predicted molar refractivity (Wildman–Crippen MR) is 60.2 cm³/mol. The van der Waals surface area contributed by atoms with Crippen LogP contribution in [0.25, 0.3) is 0 Å². The third-order valence-electron chi connectivity index (χ3n) is 3.11. The maximum absolute atomic E-state index is 9.78. The molecular weight excluding hydrogens is 184 g/mol. The van der Waals surface area contributed by atoms with Crippen molar-refractivity contribution in [2.45, 2.75) is 12.8 Å². The number of hydrogen-bond donors (Lipinski definition) is 1. The van der Waals surface area contributed by atoms with E-state index in [0.717, 1.165) is 18.4 Å². The molecule has 0 saturated carbocycles. The normalized spacial score (nSPS) is 13.1. The summed E-state index contributed by atoms with van der Waals surface area (Å²) >= 11 is 0. The van der Waals surface area contributed by atoms with Gasteiger partial charge in [-0.2, -0.15) is 0 Å². The number of phenols is 1. The Labute approximate surface area is 89.0 Å². The highest BCUT2D eigenvalue weighted by molar-refractivity contribution is 5.50. The van der Waals surface area contributed by atoms with E-state index in [0.29, 0.717) is 5.75 Å². The van der Waals surface area contributed by atoms with Gasteiger partial charge in [0.2, 0.25) is 0 Å². The lowest BCUT2D eigenvalue weighted by molar-refractivity contribution is 0.468. The molecular formula is C14H12O. The molecule has 0 unspecified atom stereocenters. The van der Waals surface area contributed by atoms with Crippen molar-refractivity contribution >= 4 is 0 Å². The largest absolute Gasteiger partial charge is 0.508 e. The zero-order valence-electron chi connectivity index (χ0n) is 8.40. The van der Waals surface area contributed by atoms with Crippen molar-refractivity contribution in [1.82, 2.24) is 0 Å². The van der Waals surface area contributed by atoms with Gasteiger partial charge in [-0.1, -0.05) is 36.4 Å². The van der Waals surface area contributed by atoms with E-state index in [1.54, 1.807) is 6.07 Å². The van der Waals surface area contributed by atoms with Gasteiger partial charge in [0.25, 0.3) is 0 Å². The zero-order valence-corrected chi connectivity index (χ0v) is 8.40. The maximum atomic E-state index is 9.78. The standard InChI is InChI=1S/C14H12O/c15-14-7-3-6-12-8-10-4-1-2-5-11(10)9-13(12)14/h1-7,15H,8-9H2. The van der Waals surface area contributed by atoms with Crippen molar-refractivity contribution in [3.63, 3.8) is 0 Å². The number of hydrogen-bond acceptors (Lipinski definition) is 1. The van der Waals surface area contributed by atoms with Crippen LogP contribution in [0.4, 0.5) is 0 Å². The second kappa shape index (κ2) is 3.13. The summed E-state index contributed by atoms with van der Waals surface area (Å²) in [6, 6.07) is 14.2. The Morgan fingerprint density at radius 2 is 1.40 bits per heavy atom. The van der Waals surface area contributed by atoms with Gasteiger partial charge in [0.05, 0.1) is 0 Å². The molecule has 74 valence electrons. The summed E-state index contributed by atoms with van der Waals surface area (Å²) in [5.41, 5.74) is 5.08. The van der Waals surface area contributed by atoms with Crippen LogP contribution in [0.2, 0.25) is 0 Å². The second-order valence-electron chi connectivity index (χ2n) is 4.04. The minimum Gasteiger partial charge on any atom is -0.508 e. The van der Waals surface area contributed by atoms with E-state index >= 15 is 0 Å². The monoisotopic (exact) mass is 196 g/mol.